The maximum absolute atomic E-state index is 13.5. The second-order valence-electron chi connectivity index (χ2n) is 8.55. The van der Waals surface area contributed by atoms with E-state index in [1.807, 2.05) is 13.8 Å². The molecule has 144 valence electrons. The normalized spacial score (nSPS) is 24.6. The Hall–Kier alpha value is -2.30. The van der Waals surface area contributed by atoms with Crippen LogP contribution in [0.15, 0.2) is 40.5 Å². The van der Waals surface area contributed by atoms with Crippen molar-refractivity contribution in [1.29, 1.82) is 0 Å². The number of ether oxygens (including phenoxy) is 1. The third-order valence-corrected chi connectivity index (χ3v) is 5.14. The molecule has 5 heteroatoms. The first-order valence-corrected chi connectivity index (χ1v) is 9.36. The molecule has 0 spiro atoms. The lowest BCUT2D eigenvalue weighted by molar-refractivity contribution is -0.150. The van der Waals surface area contributed by atoms with Gasteiger partial charge in [-0.25, -0.2) is 4.39 Å². The fraction of sp³-hybridized carbons (Fsp3) is 0.500. The van der Waals surface area contributed by atoms with E-state index in [1.165, 1.54) is 12.1 Å². The van der Waals surface area contributed by atoms with Gasteiger partial charge >= 0.3 is 5.97 Å². The number of hydrogen-bond acceptors (Lipinski definition) is 4. The average molecular weight is 371 g/mol. The molecule has 1 aliphatic carbocycles. The SMILES string of the molecule is CC1=NC2=C(C(=O)CC(C)(C)C2)[C@H](c2ccc(F)cc2)C1C(=O)OC(C)C. The number of carbonyl (C=O) groups is 2. The molecule has 2 aliphatic rings. The first kappa shape index (κ1) is 19.5. The molecule has 1 heterocycles. The van der Waals surface area contributed by atoms with Gasteiger partial charge < -0.3 is 4.74 Å². The summed E-state index contributed by atoms with van der Waals surface area (Å²) in [6.45, 7) is 9.48. The van der Waals surface area contributed by atoms with Gasteiger partial charge in [-0.3, -0.25) is 14.6 Å². The molecular formula is C22H26FNO3. The molecular weight excluding hydrogens is 345 g/mol. The van der Waals surface area contributed by atoms with E-state index in [2.05, 4.69) is 4.99 Å². The van der Waals surface area contributed by atoms with E-state index in [0.717, 1.165) is 11.3 Å². The molecule has 4 nitrogen and oxygen atoms in total. The number of Topliss-reactive ketones (excluding diaryl/α,β-unsaturated/α-hetero) is 1. The van der Waals surface area contributed by atoms with Crippen LogP contribution < -0.4 is 0 Å². The summed E-state index contributed by atoms with van der Waals surface area (Å²) in [7, 11) is 0. The lowest BCUT2D eigenvalue weighted by Gasteiger charge is -2.39. The number of halogens is 1. The van der Waals surface area contributed by atoms with Crippen LogP contribution in [-0.2, 0) is 14.3 Å². The van der Waals surface area contributed by atoms with Crippen molar-refractivity contribution in [3.63, 3.8) is 0 Å². The fourth-order valence-electron chi connectivity index (χ4n) is 4.09. The van der Waals surface area contributed by atoms with Crippen LogP contribution in [-0.4, -0.2) is 23.6 Å². The maximum Gasteiger partial charge on any atom is 0.315 e. The standard InChI is InChI=1S/C22H26FNO3/c1-12(2)27-21(26)18-13(3)24-16-10-22(4,5)11-17(25)20(16)19(18)14-6-8-15(23)9-7-14/h6-9,12,18-19H,10-11H2,1-5H3/t18?,19-/m1/s1. The largest absolute Gasteiger partial charge is 0.462 e. The van der Waals surface area contributed by atoms with Gasteiger partial charge in [0.05, 0.1) is 6.10 Å². The zero-order chi connectivity index (χ0) is 19.9. The first-order valence-electron chi connectivity index (χ1n) is 9.36. The molecule has 0 aromatic heterocycles. The second-order valence-corrected chi connectivity index (χ2v) is 8.55. The van der Waals surface area contributed by atoms with E-state index in [-0.39, 0.29) is 23.1 Å². The van der Waals surface area contributed by atoms with E-state index in [0.29, 0.717) is 24.1 Å². The number of nitrogens with zero attached hydrogens (tertiary/aromatic N) is 1. The molecule has 27 heavy (non-hydrogen) atoms. The van der Waals surface area contributed by atoms with Gasteiger partial charge in [0.15, 0.2) is 5.78 Å². The molecule has 1 aromatic carbocycles. The summed E-state index contributed by atoms with van der Waals surface area (Å²) in [5.74, 6) is -1.92. The Morgan fingerprint density at radius 2 is 1.85 bits per heavy atom. The summed E-state index contributed by atoms with van der Waals surface area (Å²) in [6.07, 6.45) is 0.814. The van der Waals surface area contributed by atoms with Gasteiger partial charge in [-0.2, -0.15) is 0 Å². The van der Waals surface area contributed by atoms with Crippen molar-refractivity contribution in [2.24, 2.45) is 16.3 Å². The highest BCUT2D eigenvalue weighted by Crippen LogP contribution is 2.47. The number of esters is 1. The van der Waals surface area contributed by atoms with Crippen LogP contribution in [0.1, 0.15) is 58.9 Å². The number of benzene rings is 1. The van der Waals surface area contributed by atoms with Gasteiger partial charge in [0.2, 0.25) is 0 Å². The minimum absolute atomic E-state index is 0.00849. The lowest BCUT2D eigenvalue weighted by Crippen LogP contribution is -2.40. The van der Waals surface area contributed by atoms with Crippen LogP contribution in [0.25, 0.3) is 0 Å². The fourth-order valence-corrected chi connectivity index (χ4v) is 4.09. The maximum atomic E-state index is 13.5. The van der Waals surface area contributed by atoms with Crippen molar-refractivity contribution in [1.82, 2.24) is 0 Å². The highest BCUT2D eigenvalue weighted by molar-refractivity contribution is 6.09. The number of hydrogen-bond donors (Lipinski definition) is 0. The number of aliphatic imine (C=N–C) groups is 1. The Morgan fingerprint density at radius 1 is 1.22 bits per heavy atom. The smallest absolute Gasteiger partial charge is 0.315 e. The summed E-state index contributed by atoms with van der Waals surface area (Å²) in [4.78, 5) is 30.6. The molecule has 0 N–H and O–H groups in total. The van der Waals surface area contributed by atoms with Crippen LogP contribution in [0.3, 0.4) is 0 Å². The molecule has 1 unspecified atom stereocenters. The zero-order valence-electron chi connectivity index (χ0n) is 16.5. The Labute approximate surface area is 159 Å². The number of allylic oxidation sites excluding steroid dienone is 2. The number of carbonyl (C=O) groups excluding carboxylic acids is 2. The summed E-state index contributed by atoms with van der Waals surface area (Å²) in [6, 6.07) is 6.01. The zero-order valence-corrected chi connectivity index (χ0v) is 16.5. The van der Waals surface area contributed by atoms with E-state index in [1.54, 1.807) is 32.9 Å². The summed E-state index contributed by atoms with van der Waals surface area (Å²) in [5, 5.41) is 0. The van der Waals surface area contributed by atoms with Crippen LogP contribution in [0, 0.1) is 17.2 Å². The van der Waals surface area contributed by atoms with Gasteiger partial charge in [-0.15, -0.1) is 0 Å². The minimum Gasteiger partial charge on any atom is -0.462 e. The van der Waals surface area contributed by atoms with E-state index in [4.69, 9.17) is 4.74 Å². The molecule has 0 saturated heterocycles. The number of rotatable bonds is 3. The van der Waals surface area contributed by atoms with Gasteiger partial charge in [-0.1, -0.05) is 26.0 Å². The summed E-state index contributed by atoms with van der Waals surface area (Å²) >= 11 is 0. The minimum atomic E-state index is -0.679. The first-order chi connectivity index (χ1) is 12.6. The van der Waals surface area contributed by atoms with Crippen molar-refractivity contribution in [3.05, 3.63) is 46.9 Å². The Balaban J connectivity index is 2.14. The van der Waals surface area contributed by atoms with Crippen LogP contribution in [0.5, 0.6) is 0 Å². The van der Waals surface area contributed by atoms with Gasteiger partial charge in [0.1, 0.15) is 11.7 Å². The Bertz CT molecular complexity index is 834. The topological polar surface area (TPSA) is 55.7 Å². The van der Waals surface area contributed by atoms with Crippen molar-refractivity contribution in [2.45, 2.75) is 59.5 Å². The van der Waals surface area contributed by atoms with Crippen LogP contribution in [0.4, 0.5) is 4.39 Å². The van der Waals surface area contributed by atoms with Gasteiger partial charge in [-0.05, 0) is 50.3 Å². The predicted octanol–water partition coefficient (Wildman–Crippen LogP) is 4.59. The van der Waals surface area contributed by atoms with Crippen molar-refractivity contribution < 1.29 is 18.7 Å². The molecule has 2 atom stereocenters. The van der Waals surface area contributed by atoms with E-state index in [9.17, 15) is 14.0 Å². The summed E-state index contributed by atoms with van der Waals surface area (Å²) < 4.78 is 18.9. The third-order valence-electron chi connectivity index (χ3n) is 5.14. The van der Waals surface area contributed by atoms with E-state index < -0.39 is 17.8 Å². The van der Waals surface area contributed by atoms with Gasteiger partial charge in [0.25, 0.3) is 0 Å². The molecule has 1 aromatic rings. The highest BCUT2D eigenvalue weighted by atomic mass is 19.1. The highest BCUT2D eigenvalue weighted by Gasteiger charge is 2.46. The van der Waals surface area contributed by atoms with Crippen LogP contribution >= 0.6 is 0 Å². The van der Waals surface area contributed by atoms with Crippen LogP contribution in [0.2, 0.25) is 0 Å². The van der Waals surface area contributed by atoms with E-state index >= 15 is 0 Å². The Morgan fingerprint density at radius 3 is 2.44 bits per heavy atom. The Kier molecular flexibility index (Phi) is 5.06. The van der Waals surface area contributed by atoms with Crippen molar-refractivity contribution in [3.8, 4) is 0 Å². The molecule has 0 amide bonds. The molecule has 0 bridgehead atoms. The molecule has 1 aliphatic heterocycles. The monoisotopic (exact) mass is 371 g/mol. The predicted molar refractivity (Wildman–Crippen MR) is 102 cm³/mol. The van der Waals surface area contributed by atoms with Crippen molar-refractivity contribution in [2.75, 3.05) is 0 Å². The number of ketones is 1. The summed E-state index contributed by atoms with van der Waals surface area (Å²) in [5.41, 5.74) is 2.53. The average Bonchev–Trinajstić information content (AvgIpc) is 2.52. The lowest BCUT2D eigenvalue weighted by atomic mass is 9.67. The molecule has 0 fully saturated rings. The second kappa shape index (κ2) is 7.02. The van der Waals surface area contributed by atoms with Gasteiger partial charge in [0, 0.05) is 29.3 Å². The molecule has 0 saturated carbocycles. The molecule has 0 radical (unpaired) electrons. The third kappa shape index (κ3) is 3.87. The quantitative estimate of drug-likeness (QED) is 0.730. The molecule has 3 rings (SSSR count). The van der Waals surface area contributed by atoms with Crippen molar-refractivity contribution >= 4 is 17.5 Å².